The predicted molar refractivity (Wildman–Crippen MR) is 84.1 cm³/mol. The number of rotatable bonds is 2. The van der Waals surface area contributed by atoms with Crippen LogP contribution in [-0.2, 0) is 9.84 Å². The minimum absolute atomic E-state index is 0.104. The molecule has 2 heterocycles. The lowest BCUT2D eigenvalue weighted by molar-refractivity contribution is 0.508. The number of aromatic nitrogens is 2. The van der Waals surface area contributed by atoms with E-state index >= 15 is 0 Å². The molecule has 0 amide bonds. The summed E-state index contributed by atoms with van der Waals surface area (Å²) in [5, 5.41) is 5.12. The highest BCUT2D eigenvalue weighted by Crippen LogP contribution is 2.30. The maximum atomic E-state index is 11.6. The fourth-order valence-electron chi connectivity index (χ4n) is 2.69. The van der Waals surface area contributed by atoms with Gasteiger partial charge in [0.25, 0.3) is 0 Å². The fourth-order valence-corrected chi connectivity index (χ4v) is 4.68. The Morgan fingerprint density at radius 2 is 2.10 bits per heavy atom. The van der Waals surface area contributed by atoms with Crippen LogP contribution in [0.5, 0.6) is 0 Å². The Hall–Kier alpha value is -1.53. The number of aryl methyl sites for hydroxylation is 1. The third kappa shape index (κ3) is 2.91. The SMILES string of the molecule is Cc1cc(Cl)cc(-c2cc(N)n(C3CCS(=O)(=O)C3)n2)c1. The van der Waals surface area contributed by atoms with Crippen molar-refractivity contribution in [1.82, 2.24) is 9.78 Å². The van der Waals surface area contributed by atoms with Gasteiger partial charge in [-0.05, 0) is 37.1 Å². The number of nitrogen functional groups attached to an aromatic ring is 1. The van der Waals surface area contributed by atoms with Gasteiger partial charge >= 0.3 is 0 Å². The van der Waals surface area contributed by atoms with Crippen molar-refractivity contribution in [3.63, 3.8) is 0 Å². The molecule has 1 atom stereocenters. The molecule has 2 N–H and O–H groups in total. The van der Waals surface area contributed by atoms with Gasteiger partial charge < -0.3 is 5.73 Å². The molecule has 0 aliphatic carbocycles. The van der Waals surface area contributed by atoms with Crippen molar-refractivity contribution >= 4 is 27.3 Å². The molecule has 112 valence electrons. The van der Waals surface area contributed by atoms with Gasteiger partial charge in [-0.1, -0.05) is 11.6 Å². The molecule has 7 heteroatoms. The monoisotopic (exact) mass is 325 g/mol. The van der Waals surface area contributed by atoms with Crippen LogP contribution in [0.3, 0.4) is 0 Å². The number of hydrogen-bond donors (Lipinski definition) is 1. The highest BCUT2D eigenvalue weighted by Gasteiger charge is 2.31. The number of halogens is 1. The van der Waals surface area contributed by atoms with E-state index in [0.717, 1.165) is 11.1 Å². The number of anilines is 1. The zero-order valence-corrected chi connectivity index (χ0v) is 13.2. The molecule has 0 saturated carbocycles. The van der Waals surface area contributed by atoms with Crippen LogP contribution in [0.4, 0.5) is 5.82 Å². The minimum Gasteiger partial charge on any atom is -0.384 e. The van der Waals surface area contributed by atoms with Crippen molar-refractivity contribution in [2.45, 2.75) is 19.4 Å². The van der Waals surface area contributed by atoms with Crippen LogP contribution in [0.2, 0.25) is 5.02 Å². The fraction of sp³-hybridized carbons (Fsp3) is 0.357. The normalized spacial score (nSPS) is 20.8. The van der Waals surface area contributed by atoms with Crippen molar-refractivity contribution in [3.8, 4) is 11.3 Å². The summed E-state index contributed by atoms with van der Waals surface area (Å²) in [6.07, 6.45) is 0.558. The first-order valence-electron chi connectivity index (χ1n) is 6.67. The molecule has 5 nitrogen and oxygen atoms in total. The lowest BCUT2D eigenvalue weighted by atomic mass is 10.1. The zero-order valence-electron chi connectivity index (χ0n) is 11.6. The highest BCUT2D eigenvalue weighted by atomic mass is 35.5. The summed E-state index contributed by atoms with van der Waals surface area (Å²) in [5.74, 6) is 0.778. The molecule has 1 aromatic heterocycles. The second-order valence-electron chi connectivity index (χ2n) is 5.47. The van der Waals surface area contributed by atoms with E-state index in [9.17, 15) is 8.42 Å². The molecule has 2 aromatic rings. The Balaban J connectivity index is 1.98. The maximum absolute atomic E-state index is 11.6. The molecule has 21 heavy (non-hydrogen) atoms. The largest absolute Gasteiger partial charge is 0.384 e. The second kappa shape index (κ2) is 5.03. The number of benzene rings is 1. The van der Waals surface area contributed by atoms with Gasteiger partial charge in [0.1, 0.15) is 5.82 Å². The van der Waals surface area contributed by atoms with Gasteiger partial charge in [-0.2, -0.15) is 5.10 Å². The van der Waals surface area contributed by atoms with Crippen LogP contribution in [0.15, 0.2) is 24.3 Å². The maximum Gasteiger partial charge on any atom is 0.152 e. The average Bonchev–Trinajstić information content (AvgIpc) is 2.91. The molecule has 0 spiro atoms. The first-order valence-corrected chi connectivity index (χ1v) is 8.87. The van der Waals surface area contributed by atoms with E-state index in [1.54, 1.807) is 10.7 Å². The third-order valence-corrected chi connectivity index (χ3v) is 5.63. The van der Waals surface area contributed by atoms with Gasteiger partial charge in [0.05, 0.1) is 23.2 Å². The van der Waals surface area contributed by atoms with Gasteiger partial charge in [-0.25, -0.2) is 13.1 Å². The van der Waals surface area contributed by atoms with E-state index in [1.165, 1.54) is 0 Å². The number of hydrogen-bond acceptors (Lipinski definition) is 4. The molecule has 1 saturated heterocycles. The quantitative estimate of drug-likeness (QED) is 0.920. The second-order valence-corrected chi connectivity index (χ2v) is 8.14. The third-order valence-electron chi connectivity index (χ3n) is 3.66. The van der Waals surface area contributed by atoms with E-state index in [0.29, 0.717) is 23.0 Å². The number of sulfone groups is 1. The summed E-state index contributed by atoms with van der Waals surface area (Å²) >= 11 is 6.07. The van der Waals surface area contributed by atoms with Gasteiger partial charge in [0.15, 0.2) is 9.84 Å². The predicted octanol–water partition coefficient (Wildman–Crippen LogP) is 2.45. The van der Waals surface area contributed by atoms with Gasteiger partial charge in [-0.15, -0.1) is 0 Å². The summed E-state index contributed by atoms with van der Waals surface area (Å²) in [5.41, 5.74) is 8.62. The average molecular weight is 326 g/mol. The molecule has 3 rings (SSSR count). The van der Waals surface area contributed by atoms with Gasteiger partial charge in [0, 0.05) is 16.7 Å². The molecular formula is C14H16ClN3O2S. The molecule has 1 aliphatic rings. The van der Waals surface area contributed by atoms with Crippen molar-refractivity contribution in [2.24, 2.45) is 0 Å². The summed E-state index contributed by atoms with van der Waals surface area (Å²) in [6.45, 7) is 1.96. The van der Waals surface area contributed by atoms with Crippen LogP contribution in [0.1, 0.15) is 18.0 Å². The Bertz CT molecular complexity index is 778. The Morgan fingerprint density at radius 1 is 1.33 bits per heavy atom. The summed E-state index contributed by atoms with van der Waals surface area (Å²) in [4.78, 5) is 0. The highest BCUT2D eigenvalue weighted by molar-refractivity contribution is 7.91. The molecule has 1 unspecified atom stereocenters. The summed E-state index contributed by atoms with van der Waals surface area (Å²) in [7, 11) is -2.97. The van der Waals surface area contributed by atoms with E-state index in [1.807, 2.05) is 25.1 Å². The zero-order chi connectivity index (χ0) is 15.2. The summed E-state index contributed by atoms with van der Waals surface area (Å²) in [6, 6.07) is 7.25. The van der Waals surface area contributed by atoms with Crippen molar-refractivity contribution < 1.29 is 8.42 Å². The Labute approximate surface area is 128 Å². The van der Waals surface area contributed by atoms with Crippen LogP contribution in [0.25, 0.3) is 11.3 Å². The molecule has 1 aliphatic heterocycles. The van der Waals surface area contributed by atoms with Crippen molar-refractivity contribution in [1.29, 1.82) is 0 Å². The van der Waals surface area contributed by atoms with Gasteiger partial charge in [0.2, 0.25) is 0 Å². The molecular weight excluding hydrogens is 310 g/mol. The lowest BCUT2D eigenvalue weighted by Gasteiger charge is -2.10. The van der Waals surface area contributed by atoms with Crippen LogP contribution in [0, 0.1) is 6.92 Å². The molecule has 0 radical (unpaired) electrons. The van der Waals surface area contributed by atoms with E-state index < -0.39 is 9.84 Å². The topological polar surface area (TPSA) is 78.0 Å². The Morgan fingerprint density at radius 3 is 2.71 bits per heavy atom. The number of nitrogens with two attached hydrogens (primary N) is 1. The summed E-state index contributed by atoms with van der Waals surface area (Å²) < 4.78 is 24.8. The van der Waals surface area contributed by atoms with Crippen LogP contribution >= 0.6 is 11.6 Å². The van der Waals surface area contributed by atoms with Crippen LogP contribution in [-0.4, -0.2) is 29.7 Å². The standard InChI is InChI=1S/C14H16ClN3O2S/c1-9-4-10(6-11(15)5-9)13-7-14(16)18(17-13)12-2-3-21(19,20)8-12/h4-7,12H,2-3,8,16H2,1H3. The van der Waals surface area contributed by atoms with E-state index in [2.05, 4.69) is 5.10 Å². The molecule has 0 bridgehead atoms. The molecule has 1 aromatic carbocycles. The molecule has 1 fully saturated rings. The van der Waals surface area contributed by atoms with E-state index in [4.69, 9.17) is 17.3 Å². The Kier molecular flexibility index (Phi) is 3.45. The number of nitrogens with zero attached hydrogens (tertiary/aromatic N) is 2. The van der Waals surface area contributed by atoms with Gasteiger partial charge in [-0.3, -0.25) is 0 Å². The first kappa shape index (κ1) is 14.4. The minimum atomic E-state index is -2.97. The van der Waals surface area contributed by atoms with Crippen molar-refractivity contribution in [3.05, 3.63) is 34.9 Å². The van der Waals surface area contributed by atoms with Crippen LogP contribution < -0.4 is 5.73 Å². The smallest absolute Gasteiger partial charge is 0.152 e. The van der Waals surface area contributed by atoms with E-state index in [-0.39, 0.29) is 17.5 Å². The van der Waals surface area contributed by atoms with Crippen molar-refractivity contribution in [2.75, 3.05) is 17.2 Å². The lowest BCUT2D eigenvalue weighted by Crippen LogP contribution is -2.14. The first-order chi connectivity index (χ1) is 9.84.